The molecule has 2 fully saturated rings. The van der Waals surface area contributed by atoms with Crippen LogP contribution in [0.25, 0.3) is 0 Å². The maximum absolute atomic E-state index is 13.7. The molecule has 4 rings (SSSR count). The lowest BCUT2D eigenvalue weighted by Gasteiger charge is -2.45. The highest BCUT2D eigenvalue weighted by atomic mass is 35.5. The van der Waals surface area contributed by atoms with Gasteiger partial charge in [0.15, 0.2) is 0 Å². The minimum Gasteiger partial charge on any atom is -0.497 e. The maximum Gasteiger partial charge on any atom is 0.241 e. The van der Waals surface area contributed by atoms with Gasteiger partial charge in [0.2, 0.25) is 11.8 Å². The van der Waals surface area contributed by atoms with Gasteiger partial charge in [-0.15, -0.1) is 12.4 Å². The van der Waals surface area contributed by atoms with Gasteiger partial charge in [-0.2, -0.15) is 0 Å². The summed E-state index contributed by atoms with van der Waals surface area (Å²) < 4.78 is 5.30. The molecular weight excluding hydrogens is 462 g/mol. The number of hydrogen-bond donors (Lipinski definition) is 1. The molecular formula is C28H38ClN3O3. The van der Waals surface area contributed by atoms with Crippen LogP contribution in [-0.4, -0.2) is 53.5 Å². The molecule has 2 amide bonds. The number of rotatable bonds is 8. The molecule has 2 heterocycles. The summed E-state index contributed by atoms with van der Waals surface area (Å²) in [6, 6.07) is 17.8. The SMILES string of the molecule is CCC(CC)C(=O)N1CCC2(CC1)N[C@@H](Cc1ccccc1)C(=O)N2Cc1ccc(OC)cc1.Cl. The van der Waals surface area contributed by atoms with Crippen molar-refractivity contribution in [1.82, 2.24) is 15.1 Å². The average molecular weight is 500 g/mol. The van der Waals surface area contributed by atoms with Crippen LogP contribution < -0.4 is 10.1 Å². The van der Waals surface area contributed by atoms with Gasteiger partial charge in [0.25, 0.3) is 0 Å². The first-order valence-corrected chi connectivity index (χ1v) is 12.5. The number of halogens is 1. The van der Waals surface area contributed by atoms with Gasteiger partial charge in [-0.05, 0) is 42.5 Å². The minimum atomic E-state index is -0.429. The zero-order valence-electron chi connectivity index (χ0n) is 21.0. The molecule has 0 aliphatic carbocycles. The molecule has 0 aromatic heterocycles. The van der Waals surface area contributed by atoms with Crippen LogP contribution in [0.5, 0.6) is 5.75 Å². The lowest BCUT2D eigenvalue weighted by molar-refractivity contribution is -0.140. The van der Waals surface area contributed by atoms with Crippen LogP contribution in [0.3, 0.4) is 0 Å². The Bertz CT molecular complexity index is 971. The number of hydrogen-bond acceptors (Lipinski definition) is 4. The largest absolute Gasteiger partial charge is 0.497 e. The summed E-state index contributed by atoms with van der Waals surface area (Å²) in [4.78, 5) is 30.7. The molecule has 2 aliphatic rings. The number of carbonyl (C=O) groups excluding carboxylic acids is 2. The van der Waals surface area contributed by atoms with Gasteiger partial charge in [0.05, 0.1) is 18.8 Å². The van der Waals surface area contributed by atoms with Crippen LogP contribution in [0.2, 0.25) is 0 Å². The Morgan fingerprint density at radius 2 is 1.66 bits per heavy atom. The van der Waals surface area contributed by atoms with Crippen LogP contribution in [0.15, 0.2) is 54.6 Å². The van der Waals surface area contributed by atoms with E-state index in [1.54, 1.807) is 7.11 Å². The first-order valence-electron chi connectivity index (χ1n) is 12.5. The average Bonchev–Trinajstić information content (AvgIpc) is 3.11. The van der Waals surface area contributed by atoms with Gasteiger partial charge in [0, 0.05) is 38.4 Å². The van der Waals surface area contributed by atoms with Gasteiger partial charge >= 0.3 is 0 Å². The molecule has 6 nitrogen and oxygen atoms in total. The molecule has 1 N–H and O–H groups in total. The van der Waals surface area contributed by atoms with Gasteiger partial charge < -0.3 is 14.5 Å². The molecule has 2 aromatic rings. The number of amides is 2. The fraction of sp³-hybridized carbons (Fsp3) is 0.500. The highest BCUT2D eigenvalue weighted by Gasteiger charge is 2.51. The molecule has 190 valence electrons. The summed E-state index contributed by atoms with van der Waals surface area (Å²) >= 11 is 0. The second-order valence-electron chi connectivity index (χ2n) is 9.53. The normalized spacial score (nSPS) is 19.2. The van der Waals surface area contributed by atoms with Crippen LogP contribution in [-0.2, 0) is 22.6 Å². The summed E-state index contributed by atoms with van der Waals surface area (Å²) in [5.41, 5.74) is 1.80. The van der Waals surface area contributed by atoms with Crippen molar-refractivity contribution in [2.24, 2.45) is 5.92 Å². The molecule has 0 radical (unpaired) electrons. The first kappa shape index (κ1) is 27.0. The summed E-state index contributed by atoms with van der Waals surface area (Å²) in [6.45, 7) is 6.06. The highest BCUT2D eigenvalue weighted by molar-refractivity contribution is 5.86. The smallest absolute Gasteiger partial charge is 0.241 e. The summed E-state index contributed by atoms with van der Waals surface area (Å²) in [6.07, 6.45) is 3.89. The van der Waals surface area contributed by atoms with Crippen molar-refractivity contribution in [1.29, 1.82) is 0 Å². The molecule has 7 heteroatoms. The van der Waals surface area contributed by atoms with Crippen molar-refractivity contribution < 1.29 is 14.3 Å². The first-order chi connectivity index (χ1) is 16.5. The third-order valence-electron chi connectivity index (χ3n) is 7.54. The quantitative estimate of drug-likeness (QED) is 0.584. The minimum absolute atomic E-state index is 0. The Hall–Kier alpha value is -2.57. The fourth-order valence-corrected chi connectivity index (χ4v) is 5.40. The predicted octanol–water partition coefficient (Wildman–Crippen LogP) is 4.42. The molecule has 1 atom stereocenters. The molecule has 35 heavy (non-hydrogen) atoms. The number of nitrogens with zero attached hydrogens (tertiary/aromatic N) is 2. The zero-order valence-corrected chi connectivity index (χ0v) is 21.9. The van der Waals surface area contributed by atoms with E-state index in [4.69, 9.17) is 4.74 Å². The molecule has 2 aliphatic heterocycles. The number of likely N-dealkylation sites (tertiary alicyclic amines) is 1. The van der Waals surface area contributed by atoms with Crippen molar-refractivity contribution in [3.05, 3.63) is 65.7 Å². The van der Waals surface area contributed by atoms with E-state index in [1.165, 1.54) is 0 Å². The van der Waals surface area contributed by atoms with Crippen LogP contribution >= 0.6 is 12.4 Å². The van der Waals surface area contributed by atoms with E-state index in [0.29, 0.717) is 26.1 Å². The van der Waals surface area contributed by atoms with Gasteiger partial charge in [-0.3, -0.25) is 14.9 Å². The summed E-state index contributed by atoms with van der Waals surface area (Å²) in [7, 11) is 1.66. The van der Waals surface area contributed by atoms with E-state index in [0.717, 1.165) is 42.6 Å². The summed E-state index contributed by atoms with van der Waals surface area (Å²) in [5.74, 6) is 1.29. The Kier molecular flexibility index (Phi) is 9.20. The van der Waals surface area contributed by atoms with E-state index in [1.807, 2.05) is 52.3 Å². The number of ether oxygens (including phenoxy) is 1. The van der Waals surface area contributed by atoms with Crippen molar-refractivity contribution in [2.75, 3.05) is 20.2 Å². The standard InChI is InChI=1S/C28H37N3O3.ClH/c1-4-23(5-2)26(32)30-17-15-28(16-18-30)29-25(19-21-9-7-6-8-10-21)27(33)31(28)20-22-11-13-24(34-3)14-12-22;/h6-14,23,25,29H,4-5,15-20H2,1-3H3;1H/t25-;/m0./s1. The summed E-state index contributed by atoms with van der Waals surface area (Å²) in [5, 5.41) is 3.73. The second kappa shape index (κ2) is 11.9. The molecule has 2 saturated heterocycles. The van der Waals surface area contributed by atoms with Crippen LogP contribution in [0.4, 0.5) is 0 Å². The Morgan fingerprint density at radius 1 is 1.03 bits per heavy atom. The third-order valence-corrected chi connectivity index (χ3v) is 7.54. The van der Waals surface area contributed by atoms with Crippen LogP contribution in [0, 0.1) is 5.92 Å². The number of nitrogens with one attached hydrogen (secondary N) is 1. The Morgan fingerprint density at radius 3 is 2.23 bits per heavy atom. The lowest BCUT2D eigenvalue weighted by atomic mass is 9.93. The van der Waals surface area contributed by atoms with Crippen molar-refractivity contribution >= 4 is 24.2 Å². The second-order valence-corrected chi connectivity index (χ2v) is 9.53. The van der Waals surface area contributed by atoms with Crippen molar-refractivity contribution in [2.45, 2.75) is 64.2 Å². The third kappa shape index (κ3) is 5.81. The number of piperidine rings is 1. The Balaban J connectivity index is 0.00000342. The van der Waals surface area contributed by atoms with Crippen LogP contribution in [0.1, 0.15) is 50.7 Å². The van der Waals surface area contributed by atoms with Gasteiger partial charge in [-0.1, -0.05) is 56.3 Å². The van der Waals surface area contributed by atoms with E-state index in [9.17, 15) is 9.59 Å². The maximum atomic E-state index is 13.7. The fourth-order valence-electron chi connectivity index (χ4n) is 5.40. The number of methoxy groups -OCH3 is 1. The lowest BCUT2D eigenvalue weighted by Crippen LogP contribution is -2.59. The number of benzene rings is 2. The van der Waals surface area contributed by atoms with Crippen molar-refractivity contribution in [3.63, 3.8) is 0 Å². The molecule has 1 spiro atoms. The molecule has 0 bridgehead atoms. The van der Waals surface area contributed by atoms with Gasteiger partial charge in [0.1, 0.15) is 5.75 Å². The van der Waals surface area contributed by atoms with E-state index in [2.05, 4.69) is 31.3 Å². The molecule has 0 saturated carbocycles. The molecule has 2 aromatic carbocycles. The van der Waals surface area contributed by atoms with E-state index in [-0.39, 0.29) is 36.2 Å². The van der Waals surface area contributed by atoms with E-state index >= 15 is 0 Å². The Labute approximate surface area is 215 Å². The highest BCUT2D eigenvalue weighted by Crippen LogP contribution is 2.35. The topological polar surface area (TPSA) is 61.9 Å². The zero-order chi connectivity index (χ0) is 24.1. The monoisotopic (exact) mass is 499 g/mol. The van der Waals surface area contributed by atoms with E-state index < -0.39 is 5.66 Å². The predicted molar refractivity (Wildman–Crippen MR) is 140 cm³/mol. The number of carbonyl (C=O) groups is 2. The van der Waals surface area contributed by atoms with Crippen molar-refractivity contribution in [3.8, 4) is 5.75 Å². The molecule has 0 unspecified atom stereocenters. The van der Waals surface area contributed by atoms with Gasteiger partial charge in [-0.25, -0.2) is 0 Å².